The molecule has 158 valence electrons. The third-order valence-corrected chi connectivity index (χ3v) is 5.84. The highest BCUT2D eigenvalue weighted by atomic mass is 32.2. The number of ether oxygens (including phenoxy) is 1. The maximum Gasteiger partial charge on any atom is 0.416 e. The molecule has 29 heavy (non-hydrogen) atoms. The van der Waals surface area contributed by atoms with Gasteiger partial charge in [-0.3, -0.25) is 4.79 Å². The number of nitrogens with zero attached hydrogens (tertiary/aromatic N) is 3. The third kappa shape index (κ3) is 5.32. The number of hydrogen-bond donors (Lipinski definition) is 0. The molecule has 8 nitrogen and oxygen atoms in total. The van der Waals surface area contributed by atoms with E-state index < -0.39 is 33.7 Å². The summed E-state index contributed by atoms with van der Waals surface area (Å²) in [4.78, 5) is 16.2. The van der Waals surface area contributed by atoms with Crippen LogP contribution in [-0.2, 0) is 32.3 Å². The van der Waals surface area contributed by atoms with Crippen molar-refractivity contribution < 1.29 is 35.6 Å². The number of carbonyl (C=O) groups excluding carboxylic acids is 1. The molecule has 0 atom stereocenters. The first-order valence-corrected chi connectivity index (χ1v) is 10.5. The monoisotopic (exact) mass is 433 g/mol. The lowest BCUT2D eigenvalue weighted by molar-refractivity contribution is -0.152. The molecule has 0 aliphatic carbocycles. The zero-order valence-electron chi connectivity index (χ0n) is 15.3. The van der Waals surface area contributed by atoms with Gasteiger partial charge in [0.15, 0.2) is 6.61 Å². The van der Waals surface area contributed by atoms with E-state index in [1.54, 1.807) is 0 Å². The van der Waals surface area contributed by atoms with Gasteiger partial charge in [0.25, 0.3) is 5.89 Å². The summed E-state index contributed by atoms with van der Waals surface area (Å²) in [6, 6.07) is 4.26. The van der Waals surface area contributed by atoms with Crippen LogP contribution in [0.5, 0.6) is 0 Å². The summed E-state index contributed by atoms with van der Waals surface area (Å²) in [5, 5.41) is 3.67. The van der Waals surface area contributed by atoms with Crippen molar-refractivity contribution in [2.45, 2.75) is 25.6 Å². The van der Waals surface area contributed by atoms with Crippen LogP contribution in [0.1, 0.15) is 24.3 Å². The van der Waals surface area contributed by atoms with Crippen LogP contribution in [-0.4, -0.2) is 48.2 Å². The van der Waals surface area contributed by atoms with E-state index in [1.807, 2.05) is 0 Å². The number of hydrogen-bond acceptors (Lipinski definition) is 7. The van der Waals surface area contributed by atoms with Gasteiger partial charge in [-0.05, 0) is 25.0 Å². The summed E-state index contributed by atoms with van der Waals surface area (Å²) in [5.41, 5.74) is -0.465. The molecule has 3 rings (SSSR count). The number of esters is 1. The number of carbonyl (C=O) groups is 1. The molecule has 0 N–H and O–H groups in total. The van der Waals surface area contributed by atoms with Crippen LogP contribution >= 0.6 is 0 Å². The lowest BCUT2D eigenvalue weighted by Gasteiger charge is -2.28. The third-order valence-electron chi connectivity index (χ3n) is 4.53. The van der Waals surface area contributed by atoms with Crippen LogP contribution in [0.4, 0.5) is 13.2 Å². The van der Waals surface area contributed by atoms with Gasteiger partial charge in [0.1, 0.15) is 0 Å². The second kappa shape index (κ2) is 8.11. The van der Waals surface area contributed by atoms with Crippen molar-refractivity contribution in [3.63, 3.8) is 0 Å². The number of halogens is 3. The molecule has 0 saturated carbocycles. The Balaban J connectivity index is 1.54. The van der Waals surface area contributed by atoms with Gasteiger partial charge in [-0.2, -0.15) is 18.2 Å². The summed E-state index contributed by atoms with van der Waals surface area (Å²) < 4.78 is 72.2. The average Bonchev–Trinajstić information content (AvgIpc) is 3.14. The molecule has 1 aliphatic heterocycles. The predicted octanol–water partition coefficient (Wildman–Crippen LogP) is 2.47. The Morgan fingerprint density at radius 2 is 1.86 bits per heavy atom. The zero-order chi connectivity index (χ0) is 21.2. The molecule has 0 radical (unpaired) electrons. The van der Waals surface area contributed by atoms with E-state index in [0.29, 0.717) is 18.4 Å². The fourth-order valence-electron chi connectivity index (χ4n) is 2.91. The molecular weight excluding hydrogens is 415 g/mol. The van der Waals surface area contributed by atoms with Crippen molar-refractivity contribution in [2.75, 3.05) is 19.3 Å². The predicted molar refractivity (Wildman–Crippen MR) is 93.7 cm³/mol. The molecule has 2 aromatic rings. The summed E-state index contributed by atoms with van der Waals surface area (Å²) in [6.07, 6.45) is -2.61. The molecule has 0 unspecified atom stereocenters. The SMILES string of the molecule is CS(=O)(=O)N1CCC(C(=O)OCc2nc(-c3ccc(C(F)(F)F)cc3)no2)CC1. The van der Waals surface area contributed by atoms with Crippen LogP contribution in [0, 0.1) is 5.92 Å². The molecule has 0 spiro atoms. The number of sulfonamides is 1. The van der Waals surface area contributed by atoms with Crippen LogP contribution in [0.25, 0.3) is 11.4 Å². The molecule has 1 saturated heterocycles. The van der Waals surface area contributed by atoms with Crippen molar-refractivity contribution in [3.05, 3.63) is 35.7 Å². The quantitative estimate of drug-likeness (QED) is 0.668. The van der Waals surface area contributed by atoms with Crippen LogP contribution in [0.15, 0.2) is 28.8 Å². The van der Waals surface area contributed by atoms with Gasteiger partial charge in [0.05, 0.1) is 17.7 Å². The Morgan fingerprint density at radius 1 is 1.24 bits per heavy atom. The number of piperidine rings is 1. The molecule has 2 heterocycles. The zero-order valence-corrected chi connectivity index (χ0v) is 16.2. The summed E-state index contributed by atoms with van der Waals surface area (Å²) in [6.45, 7) is 0.215. The smallest absolute Gasteiger partial charge is 0.416 e. The first kappa shape index (κ1) is 21.2. The highest BCUT2D eigenvalue weighted by Gasteiger charge is 2.31. The van der Waals surface area contributed by atoms with Gasteiger partial charge < -0.3 is 9.26 Å². The fraction of sp³-hybridized carbons (Fsp3) is 0.471. The van der Waals surface area contributed by atoms with E-state index in [2.05, 4.69) is 10.1 Å². The largest absolute Gasteiger partial charge is 0.455 e. The van der Waals surface area contributed by atoms with Gasteiger partial charge in [-0.15, -0.1) is 0 Å². The second-order valence-corrected chi connectivity index (χ2v) is 8.61. The maximum atomic E-state index is 12.6. The van der Waals surface area contributed by atoms with E-state index in [1.165, 1.54) is 16.4 Å². The van der Waals surface area contributed by atoms with E-state index in [4.69, 9.17) is 9.26 Å². The lowest BCUT2D eigenvalue weighted by atomic mass is 9.98. The molecule has 1 aromatic heterocycles. The van der Waals surface area contributed by atoms with Gasteiger partial charge in [-0.1, -0.05) is 17.3 Å². The van der Waals surface area contributed by atoms with Crippen molar-refractivity contribution in [1.29, 1.82) is 0 Å². The Bertz CT molecular complexity index is 965. The normalized spacial score (nSPS) is 16.7. The van der Waals surface area contributed by atoms with E-state index in [9.17, 15) is 26.4 Å². The molecular formula is C17H18F3N3O5S. The Hall–Kier alpha value is -2.47. The highest BCUT2D eigenvalue weighted by molar-refractivity contribution is 7.88. The number of aromatic nitrogens is 2. The summed E-state index contributed by atoms with van der Waals surface area (Å²) >= 11 is 0. The van der Waals surface area contributed by atoms with Gasteiger partial charge in [-0.25, -0.2) is 12.7 Å². The van der Waals surface area contributed by atoms with Gasteiger partial charge >= 0.3 is 12.1 Å². The number of rotatable bonds is 5. The van der Waals surface area contributed by atoms with Gasteiger partial charge in [0.2, 0.25) is 15.8 Å². The minimum Gasteiger partial charge on any atom is -0.455 e. The first-order chi connectivity index (χ1) is 13.5. The van der Waals surface area contributed by atoms with Crippen LogP contribution in [0.3, 0.4) is 0 Å². The lowest BCUT2D eigenvalue weighted by Crippen LogP contribution is -2.40. The Kier molecular flexibility index (Phi) is 5.94. The molecule has 0 amide bonds. The minimum atomic E-state index is -4.44. The summed E-state index contributed by atoms with van der Waals surface area (Å²) in [7, 11) is -3.28. The van der Waals surface area contributed by atoms with Crippen molar-refractivity contribution in [2.24, 2.45) is 5.92 Å². The highest BCUT2D eigenvalue weighted by Crippen LogP contribution is 2.30. The Labute approximate surface area is 164 Å². The Morgan fingerprint density at radius 3 is 2.41 bits per heavy atom. The van der Waals surface area contributed by atoms with E-state index >= 15 is 0 Å². The molecule has 12 heteroatoms. The molecule has 0 bridgehead atoms. The fourth-order valence-corrected chi connectivity index (χ4v) is 3.79. The van der Waals surface area contributed by atoms with Crippen LogP contribution < -0.4 is 0 Å². The van der Waals surface area contributed by atoms with Crippen molar-refractivity contribution in [3.8, 4) is 11.4 Å². The molecule has 1 aromatic carbocycles. The number of benzene rings is 1. The topological polar surface area (TPSA) is 103 Å². The average molecular weight is 433 g/mol. The standard InChI is InChI=1S/C17H18F3N3O5S/c1-29(25,26)23-8-6-12(7-9-23)16(24)27-10-14-21-15(22-28-14)11-2-4-13(5-3-11)17(18,19)20/h2-5,12H,6-10H2,1H3. The molecule has 1 fully saturated rings. The minimum absolute atomic E-state index is 0.00169. The number of alkyl halides is 3. The molecule has 1 aliphatic rings. The summed E-state index contributed by atoms with van der Waals surface area (Å²) in [5.74, 6) is -0.842. The van der Waals surface area contributed by atoms with Gasteiger partial charge in [0, 0.05) is 18.7 Å². The van der Waals surface area contributed by atoms with Crippen molar-refractivity contribution >= 4 is 16.0 Å². The second-order valence-electron chi connectivity index (χ2n) is 6.63. The van der Waals surface area contributed by atoms with Crippen LogP contribution in [0.2, 0.25) is 0 Å². The maximum absolute atomic E-state index is 12.6. The first-order valence-electron chi connectivity index (χ1n) is 8.66. The van der Waals surface area contributed by atoms with E-state index in [-0.39, 0.29) is 31.4 Å². The van der Waals surface area contributed by atoms with Crippen molar-refractivity contribution in [1.82, 2.24) is 14.4 Å². The van der Waals surface area contributed by atoms with E-state index in [0.717, 1.165) is 18.4 Å².